The van der Waals surface area contributed by atoms with Crippen LogP contribution in [0.5, 0.6) is 11.5 Å². The average molecular weight is 319 g/mol. The minimum Gasteiger partial charge on any atom is -0.504 e. The molecule has 1 aliphatic rings. The summed E-state index contributed by atoms with van der Waals surface area (Å²) < 4.78 is 4.98. The lowest BCUT2D eigenvalue weighted by atomic mass is 10.2. The summed E-state index contributed by atoms with van der Waals surface area (Å²) in [7, 11) is 1.44. The van der Waals surface area contributed by atoms with Crippen LogP contribution in [0.25, 0.3) is 0 Å². The number of carbonyl (C=O) groups excluding carboxylic acids is 2. The van der Waals surface area contributed by atoms with Crippen LogP contribution in [-0.2, 0) is 9.59 Å². The van der Waals surface area contributed by atoms with Crippen molar-refractivity contribution >= 4 is 18.0 Å². The van der Waals surface area contributed by atoms with Crippen LogP contribution in [0.15, 0.2) is 23.3 Å². The summed E-state index contributed by atoms with van der Waals surface area (Å²) in [5, 5.41) is 13.6. The smallest absolute Gasteiger partial charge is 0.329 e. The highest BCUT2D eigenvalue weighted by atomic mass is 16.5. The lowest BCUT2D eigenvalue weighted by Crippen LogP contribution is -2.41. The molecule has 0 spiro atoms. The summed E-state index contributed by atoms with van der Waals surface area (Å²) in [5.41, 5.74) is 2.58. The second-order valence-corrected chi connectivity index (χ2v) is 5.30. The third kappa shape index (κ3) is 4.45. The molecule has 1 saturated heterocycles. The number of aromatic hydroxyl groups is 1. The van der Waals surface area contributed by atoms with Gasteiger partial charge in [-0.25, -0.2) is 5.43 Å². The van der Waals surface area contributed by atoms with Crippen LogP contribution in [0.3, 0.4) is 0 Å². The Balaban J connectivity index is 1.94. The van der Waals surface area contributed by atoms with Crippen molar-refractivity contribution in [1.29, 1.82) is 0 Å². The summed E-state index contributed by atoms with van der Waals surface area (Å²) in [5.74, 6) is -1.11. The number of rotatable bonds is 3. The summed E-state index contributed by atoms with van der Waals surface area (Å²) in [6, 6.07) is 4.91. The van der Waals surface area contributed by atoms with Crippen molar-refractivity contribution in [3.05, 3.63) is 23.8 Å². The molecular formula is C16H21N3O4. The molecule has 2 rings (SSSR count). The zero-order valence-corrected chi connectivity index (χ0v) is 13.1. The maximum atomic E-state index is 12.0. The van der Waals surface area contributed by atoms with Gasteiger partial charge >= 0.3 is 11.8 Å². The quantitative estimate of drug-likeness (QED) is 0.498. The van der Waals surface area contributed by atoms with Gasteiger partial charge in [-0.3, -0.25) is 9.59 Å². The molecule has 0 atom stereocenters. The Labute approximate surface area is 134 Å². The number of phenolic OH excluding ortho intramolecular Hbond substituents is 1. The largest absolute Gasteiger partial charge is 0.504 e. The zero-order valence-electron chi connectivity index (χ0n) is 13.1. The molecule has 1 fully saturated rings. The number of benzene rings is 1. The molecular weight excluding hydrogens is 298 g/mol. The molecule has 2 N–H and O–H groups in total. The predicted octanol–water partition coefficient (Wildman–Crippen LogP) is 1.25. The molecule has 2 amide bonds. The van der Waals surface area contributed by atoms with Crippen molar-refractivity contribution in [2.24, 2.45) is 5.10 Å². The van der Waals surface area contributed by atoms with E-state index in [2.05, 4.69) is 10.5 Å². The molecule has 7 heteroatoms. The third-order valence-corrected chi connectivity index (χ3v) is 3.71. The number of hydrogen-bond donors (Lipinski definition) is 2. The number of nitrogens with one attached hydrogen (secondary N) is 1. The van der Waals surface area contributed by atoms with Crippen LogP contribution in [0, 0.1) is 0 Å². The molecule has 0 aliphatic carbocycles. The number of hydrogen-bond acceptors (Lipinski definition) is 5. The van der Waals surface area contributed by atoms with Gasteiger partial charge in [-0.15, -0.1) is 0 Å². The topological polar surface area (TPSA) is 91.2 Å². The molecule has 0 aromatic heterocycles. The van der Waals surface area contributed by atoms with Crippen molar-refractivity contribution in [2.75, 3.05) is 20.2 Å². The monoisotopic (exact) mass is 319 g/mol. The van der Waals surface area contributed by atoms with E-state index in [1.54, 1.807) is 23.1 Å². The highest BCUT2D eigenvalue weighted by molar-refractivity contribution is 6.35. The SMILES string of the molecule is COc1cccc(/C=N\NC(=O)C(=O)N2CCCCCC2)c1O. The first-order valence-electron chi connectivity index (χ1n) is 7.61. The Morgan fingerprint density at radius 3 is 2.61 bits per heavy atom. The van der Waals surface area contributed by atoms with Crippen LogP contribution in [0.2, 0.25) is 0 Å². The first-order chi connectivity index (χ1) is 11.1. The summed E-state index contributed by atoms with van der Waals surface area (Å²) >= 11 is 0. The summed E-state index contributed by atoms with van der Waals surface area (Å²) in [6.45, 7) is 1.21. The van der Waals surface area contributed by atoms with Crippen molar-refractivity contribution in [1.82, 2.24) is 10.3 Å². The van der Waals surface area contributed by atoms with Crippen LogP contribution >= 0.6 is 0 Å². The average Bonchev–Trinajstić information content (AvgIpc) is 2.85. The van der Waals surface area contributed by atoms with Crippen LogP contribution < -0.4 is 10.2 Å². The normalized spacial score (nSPS) is 15.3. The van der Waals surface area contributed by atoms with Crippen LogP contribution in [0.1, 0.15) is 31.2 Å². The van der Waals surface area contributed by atoms with Gasteiger partial charge in [0.15, 0.2) is 11.5 Å². The van der Waals surface area contributed by atoms with Gasteiger partial charge in [0, 0.05) is 18.7 Å². The maximum absolute atomic E-state index is 12.0. The lowest BCUT2D eigenvalue weighted by molar-refractivity contribution is -0.145. The Morgan fingerprint density at radius 1 is 1.26 bits per heavy atom. The van der Waals surface area contributed by atoms with Crippen molar-refractivity contribution in [3.8, 4) is 11.5 Å². The van der Waals surface area contributed by atoms with Gasteiger partial charge in [-0.05, 0) is 25.0 Å². The first kappa shape index (κ1) is 16.8. The summed E-state index contributed by atoms with van der Waals surface area (Å²) in [6.07, 6.45) is 5.27. The van der Waals surface area contributed by atoms with Gasteiger partial charge in [-0.2, -0.15) is 5.10 Å². The predicted molar refractivity (Wildman–Crippen MR) is 85.4 cm³/mol. The number of amides is 2. The van der Waals surface area contributed by atoms with E-state index in [9.17, 15) is 14.7 Å². The molecule has 7 nitrogen and oxygen atoms in total. The van der Waals surface area contributed by atoms with Crippen LogP contribution in [0.4, 0.5) is 0 Å². The van der Waals surface area contributed by atoms with Gasteiger partial charge in [0.05, 0.1) is 13.3 Å². The number of para-hydroxylation sites is 1. The molecule has 1 aliphatic heterocycles. The Bertz CT molecular complexity index is 593. The number of methoxy groups -OCH3 is 1. The second kappa shape index (κ2) is 8.17. The number of likely N-dealkylation sites (tertiary alicyclic amines) is 1. The highest BCUT2D eigenvalue weighted by Crippen LogP contribution is 2.27. The van der Waals surface area contributed by atoms with Gasteiger partial charge in [0.1, 0.15) is 0 Å². The van der Waals surface area contributed by atoms with E-state index in [0.29, 0.717) is 24.4 Å². The molecule has 124 valence electrons. The molecule has 1 heterocycles. The van der Waals surface area contributed by atoms with E-state index >= 15 is 0 Å². The highest BCUT2D eigenvalue weighted by Gasteiger charge is 2.22. The van der Waals surface area contributed by atoms with Crippen molar-refractivity contribution in [2.45, 2.75) is 25.7 Å². The molecule has 0 bridgehead atoms. The molecule has 0 radical (unpaired) electrons. The van der Waals surface area contributed by atoms with E-state index in [1.807, 2.05) is 0 Å². The maximum Gasteiger partial charge on any atom is 0.329 e. The first-order valence-corrected chi connectivity index (χ1v) is 7.61. The van der Waals surface area contributed by atoms with Gasteiger partial charge < -0.3 is 14.7 Å². The minimum atomic E-state index is -0.773. The van der Waals surface area contributed by atoms with Crippen molar-refractivity contribution in [3.63, 3.8) is 0 Å². The zero-order chi connectivity index (χ0) is 16.7. The molecule has 1 aromatic carbocycles. The molecule has 23 heavy (non-hydrogen) atoms. The fourth-order valence-corrected chi connectivity index (χ4v) is 2.43. The van der Waals surface area contributed by atoms with Gasteiger partial charge in [0.2, 0.25) is 0 Å². The minimum absolute atomic E-state index is 0.0770. The number of ether oxygens (including phenoxy) is 1. The molecule has 1 aromatic rings. The second-order valence-electron chi connectivity index (χ2n) is 5.30. The Hall–Kier alpha value is -2.57. The fourth-order valence-electron chi connectivity index (χ4n) is 2.43. The van der Waals surface area contributed by atoms with Gasteiger partial charge in [-0.1, -0.05) is 18.9 Å². The third-order valence-electron chi connectivity index (χ3n) is 3.71. The number of hydrazone groups is 1. The number of carbonyl (C=O) groups is 2. The van der Waals surface area contributed by atoms with Crippen molar-refractivity contribution < 1.29 is 19.4 Å². The Morgan fingerprint density at radius 2 is 1.96 bits per heavy atom. The lowest BCUT2D eigenvalue weighted by Gasteiger charge is -2.18. The number of nitrogens with zero attached hydrogens (tertiary/aromatic N) is 2. The number of phenols is 1. The standard InChI is InChI=1S/C16H21N3O4/c1-23-13-8-6-7-12(14(13)20)11-17-18-15(21)16(22)19-9-4-2-3-5-10-19/h6-8,11,20H,2-5,9-10H2,1H3,(H,18,21)/b17-11-. The van der Waals surface area contributed by atoms with E-state index in [-0.39, 0.29) is 5.75 Å². The van der Waals surface area contributed by atoms with E-state index < -0.39 is 11.8 Å². The Kier molecular flexibility index (Phi) is 5.96. The van der Waals surface area contributed by atoms with E-state index in [4.69, 9.17) is 4.74 Å². The van der Waals surface area contributed by atoms with E-state index in [0.717, 1.165) is 25.7 Å². The fraction of sp³-hybridized carbons (Fsp3) is 0.438. The van der Waals surface area contributed by atoms with Crippen LogP contribution in [-0.4, -0.2) is 48.2 Å². The summed E-state index contributed by atoms with van der Waals surface area (Å²) in [4.78, 5) is 25.4. The molecule has 0 saturated carbocycles. The molecule has 0 unspecified atom stereocenters. The van der Waals surface area contributed by atoms with E-state index in [1.165, 1.54) is 13.3 Å². The van der Waals surface area contributed by atoms with Gasteiger partial charge in [0.25, 0.3) is 0 Å².